The summed E-state index contributed by atoms with van der Waals surface area (Å²) in [5, 5.41) is 0. The van der Waals surface area contributed by atoms with Gasteiger partial charge in [0.25, 0.3) is 0 Å². The molecule has 0 spiro atoms. The molecule has 1 aliphatic rings. The van der Waals surface area contributed by atoms with Gasteiger partial charge in [-0.15, -0.1) is 0 Å². The topological polar surface area (TPSA) is 0 Å². The van der Waals surface area contributed by atoms with Crippen LogP contribution < -0.4 is 0 Å². The van der Waals surface area contributed by atoms with Crippen LogP contribution in [-0.4, -0.2) is 31.2 Å². The lowest BCUT2D eigenvalue weighted by molar-refractivity contribution is -0.956. The lowest BCUT2D eigenvalue weighted by atomic mass is 9.85. The van der Waals surface area contributed by atoms with Crippen LogP contribution in [0.1, 0.15) is 33.6 Å². The van der Waals surface area contributed by atoms with Gasteiger partial charge in [0.05, 0.1) is 26.7 Å². The first-order valence-corrected chi connectivity index (χ1v) is 5.26. The summed E-state index contributed by atoms with van der Waals surface area (Å²) in [6.45, 7) is 8.45. The molecule has 0 radical (unpaired) electrons. The molecule has 1 fully saturated rings. The maximum absolute atomic E-state index is 2.39. The standard InChI is InChI=1S/C11H24N/c1-9(2)10(3)8-11-6-7-12(11,4)5/h9-11H,6-8H2,1-5H3/q+1. The van der Waals surface area contributed by atoms with E-state index in [9.17, 15) is 0 Å². The maximum atomic E-state index is 2.39. The summed E-state index contributed by atoms with van der Waals surface area (Å²) >= 11 is 0. The second-order valence-corrected chi connectivity index (χ2v) is 5.40. The lowest BCUT2D eigenvalue weighted by Crippen LogP contribution is -2.60. The molecule has 0 aliphatic carbocycles. The van der Waals surface area contributed by atoms with Gasteiger partial charge in [0.15, 0.2) is 0 Å². The summed E-state index contributed by atoms with van der Waals surface area (Å²) in [6, 6.07) is 0.947. The van der Waals surface area contributed by atoms with Gasteiger partial charge in [-0.1, -0.05) is 20.8 Å². The number of rotatable bonds is 3. The van der Waals surface area contributed by atoms with Crippen molar-refractivity contribution in [1.29, 1.82) is 0 Å². The average molecular weight is 170 g/mol. The first-order valence-electron chi connectivity index (χ1n) is 5.26. The molecule has 72 valence electrons. The zero-order valence-electron chi connectivity index (χ0n) is 9.30. The average Bonchev–Trinajstić information content (AvgIpc) is 1.97. The minimum atomic E-state index is 0.852. The number of hydrogen-bond acceptors (Lipinski definition) is 0. The van der Waals surface area contributed by atoms with E-state index in [0.717, 1.165) is 17.9 Å². The molecule has 1 aliphatic heterocycles. The van der Waals surface area contributed by atoms with Crippen LogP contribution in [-0.2, 0) is 0 Å². The highest BCUT2D eigenvalue weighted by Crippen LogP contribution is 2.30. The summed E-state index contributed by atoms with van der Waals surface area (Å²) in [5.74, 6) is 1.75. The van der Waals surface area contributed by atoms with Gasteiger partial charge in [-0.05, 0) is 11.8 Å². The van der Waals surface area contributed by atoms with E-state index in [1.165, 1.54) is 23.9 Å². The SMILES string of the molecule is CC(C)C(C)CC1CC[N+]1(C)C. The van der Waals surface area contributed by atoms with E-state index in [4.69, 9.17) is 0 Å². The molecule has 0 aromatic carbocycles. The molecular formula is C11H24N+. The highest BCUT2D eigenvalue weighted by molar-refractivity contribution is 4.72. The Bertz CT molecular complexity index is 149. The van der Waals surface area contributed by atoms with Crippen LogP contribution in [0.5, 0.6) is 0 Å². The fourth-order valence-corrected chi connectivity index (χ4v) is 1.93. The highest BCUT2D eigenvalue weighted by atomic mass is 15.4. The molecule has 12 heavy (non-hydrogen) atoms. The number of hydrogen-bond donors (Lipinski definition) is 0. The molecule has 2 atom stereocenters. The summed E-state index contributed by atoms with van der Waals surface area (Å²) < 4.78 is 1.26. The van der Waals surface area contributed by atoms with E-state index in [0.29, 0.717) is 0 Å². The second kappa shape index (κ2) is 3.37. The van der Waals surface area contributed by atoms with Gasteiger partial charge in [-0.2, -0.15) is 0 Å². The molecule has 1 rings (SSSR count). The fraction of sp³-hybridized carbons (Fsp3) is 1.00. The first kappa shape index (κ1) is 10.0. The molecule has 1 heterocycles. The Morgan fingerprint density at radius 3 is 2.08 bits per heavy atom. The Hall–Kier alpha value is -0.0400. The van der Waals surface area contributed by atoms with Gasteiger partial charge in [0, 0.05) is 12.8 Å². The third kappa shape index (κ3) is 2.01. The van der Waals surface area contributed by atoms with Crippen molar-refractivity contribution in [2.45, 2.75) is 39.7 Å². The molecule has 1 nitrogen and oxygen atoms in total. The molecule has 0 aromatic rings. The van der Waals surface area contributed by atoms with Gasteiger partial charge >= 0.3 is 0 Å². The van der Waals surface area contributed by atoms with Crippen LogP contribution in [0, 0.1) is 11.8 Å². The van der Waals surface area contributed by atoms with Gasteiger partial charge in [-0.25, -0.2) is 0 Å². The third-order valence-corrected chi connectivity index (χ3v) is 3.81. The van der Waals surface area contributed by atoms with E-state index in [2.05, 4.69) is 34.9 Å². The van der Waals surface area contributed by atoms with Gasteiger partial charge in [0.2, 0.25) is 0 Å². The summed E-state index contributed by atoms with van der Waals surface area (Å²) in [5.41, 5.74) is 0. The molecule has 0 bridgehead atoms. The number of nitrogens with zero attached hydrogens (tertiary/aromatic N) is 1. The van der Waals surface area contributed by atoms with Crippen molar-refractivity contribution >= 4 is 0 Å². The smallest absolute Gasteiger partial charge is 0.0943 e. The van der Waals surface area contributed by atoms with Crippen molar-refractivity contribution in [1.82, 2.24) is 0 Å². The molecule has 1 heteroatoms. The molecule has 0 N–H and O–H groups in total. The predicted octanol–water partition coefficient (Wildman–Crippen LogP) is 2.52. The van der Waals surface area contributed by atoms with E-state index in [-0.39, 0.29) is 0 Å². The van der Waals surface area contributed by atoms with Crippen LogP contribution in [0.3, 0.4) is 0 Å². The monoisotopic (exact) mass is 170 g/mol. The Kier molecular flexibility index (Phi) is 2.82. The van der Waals surface area contributed by atoms with Crippen LogP contribution in [0.25, 0.3) is 0 Å². The van der Waals surface area contributed by atoms with E-state index in [1.807, 2.05) is 0 Å². The van der Waals surface area contributed by atoms with Crippen LogP contribution in [0.15, 0.2) is 0 Å². The first-order chi connectivity index (χ1) is 5.43. The summed E-state index contributed by atoms with van der Waals surface area (Å²) in [7, 11) is 4.72. The molecule has 0 saturated carbocycles. The Morgan fingerprint density at radius 1 is 1.25 bits per heavy atom. The normalized spacial score (nSPS) is 30.0. The fourth-order valence-electron chi connectivity index (χ4n) is 1.93. The quantitative estimate of drug-likeness (QED) is 0.571. The molecule has 1 saturated heterocycles. The van der Waals surface area contributed by atoms with Crippen molar-refractivity contribution in [2.24, 2.45) is 11.8 Å². The highest BCUT2D eigenvalue weighted by Gasteiger charge is 2.39. The number of likely N-dealkylation sites (tertiary alicyclic amines) is 1. The van der Waals surface area contributed by atoms with Crippen molar-refractivity contribution < 1.29 is 4.48 Å². The van der Waals surface area contributed by atoms with Gasteiger partial charge in [0.1, 0.15) is 0 Å². The van der Waals surface area contributed by atoms with Crippen LogP contribution in [0.2, 0.25) is 0 Å². The van der Waals surface area contributed by atoms with Crippen molar-refractivity contribution in [2.75, 3.05) is 20.6 Å². The predicted molar refractivity (Wildman–Crippen MR) is 54.0 cm³/mol. The van der Waals surface area contributed by atoms with Crippen LogP contribution in [0.4, 0.5) is 0 Å². The van der Waals surface area contributed by atoms with Crippen molar-refractivity contribution in [3.8, 4) is 0 Å². The van der Waals surface area contributed by atoms with E-state index >= 15 is 0 Å². The summed E-state index contributed by atoms with van der Waals surface area (Å²) in [6.07, 6.45) is 2.87. The lowest BCUT2D eigenvalue weighted by Gasteiger charge is -2.48. The van der Waals surface area contributed by atoms with E-state index in [1.54, 1.807) is 0 Å². The second-order valence-electron chi connectivity index (χ2n) is 5.40. The molecule has 0 aromatic heterocycles. The number of quaternary nitrogens is 1. The Balaban J connectivity index is 2.32. The Labute approximate surface area is 77.4 Å². The van der Waals surface area contributed by atoms with Crippen molar-refractivity contribution in [3.05, 3.63) is 0 Å². The van der Waals surface area contributed by atoms with Gasteiger partial charge < -0.3 is 4.48 Å². The largest absolute Gasteiger partial charge is 0.326 e. The van der Waals surface area contributed by atoms with Crippen molar-refractivity contribution in [3.63, 3.8) is 0 Å². The molecular weight excluding hydrogens is 146 g/mol. The van der Waals surface area contributed by atoms with E-state index < -0.39 is 0 Å². The third-order valence-electron chi connectivity index (χ3n) is 3.81. The Morgan fingerprint density at radius 2 is 1.83 bits per heavy atom. The maximum Gasteiger partial charge on any atom is 0.0943 e. The zero-order valence-corrected chi connectivity index (χ0v) is 9.30. The minimum Gasteiger partial charge on any atom is -0.326 e. The molecule has 0 amide bonds. The minimum absolute atomic E-state index is 0.852. The zero-order chi connectivity index (χ0) is 9.35. The van der Waals surface area contributed by atoms with Gasteiger partial charge in [-0.3, -0.25) is 0 Å². The summed E-state index contributed by atoms with van der Waals surface area (Å²) in [4.78, 5) is 0. The molecule has 2 unspecified atom stereocenters. The van der Waals surface area contributed by atoms with Crippen LogP contribution >= 0.6 is 0 Å².